The first kappa shape index (κ1) is 29.9. The number of likely N-dealkylation sites (tertiary alicyclic amines) is 1. The Morgan fingerprint density at radius 1 is 1.14 bits per heavy atom. The van der Waals surface area contributed by atoms with Crippen molar-refractivity contribution in [3.8, 4) is 0 Å². The number of aliphatic hydroxyl groups excluding tert-OH is 1. The van der Waals surface area contributed by atoms with Gasteiger partial charge in [-0.3, -0.25) is 9.59 Å². The van der Waals surface area contributed by atoms with E-state index in [9.17, 15) is 24.3 Å². The van der Waals surface area contributed by atoms with Gasteiger partial charge in [-0.05, 0) is 58.8 Å². The second kappa shape index (κ2) is 13.3. The third-order valence-electron chi connectivity index (χ3n) is 6.65. The minimum Gasteiger partial charge on any atom is -0.446 e. The predicted molar refractivity (Wildman–Crippen MR) is 134 cm³/mol. The van der Waals surface area contributed by atoms with Crippen LogP contribution in [0.3, 0.4) is 0 Å². The van der Waals surface area contributed by atoms with Gasteiger partial charge < -0.3 is 30.1 Å². The number of alkyl carbamates (subject to hydrolysis) is 1. The molecule has 2 heterocycles. The van der Waals surface area contributed by atoms with Crippen molar-refractivity contribution >= 4 is 23.9 Å². The summed E-state index contributed by atoms with van der Waals surface area (Å²) < 4.78 is 11.0. The molecule has 1 unspecified atom stereocenters. The van der Waals surface area contributed by atoms with E-state index in [1.165, 1.54) is 0 Å². The molecule has 10 nitrogen and oxygen atoms in total. The number of carbonyl (C=O) groups is 4. The van der Waals surface area contributed by atoms with Crippen molar-refractivity contribution in [2.45, 2.75) is 104 Å². The van der Waals surface area contributed by atoms with Crippen LogP contribution in [0.15, 0.2) is 0 Å². The highest BCUT2D eigenvalue weighted by atomic mass is 16.6. The van der Waals surface area contributed by atoms with Gasteiger partial charge in [0.2, 0.25) is 5.91 Å². The molecule has 2 rings (SSSR count). The van der Waals surface area contributed by atoms with Gasteiger partial charge in [0.15, 0.2) is 5.78 Å². The van der Waals surface area contributed by atoms with Gasteiger partial charge in [0.25, 0.3) is 0 Å². The zero-order chi connectivity index (χ0) is 27.0. The fourth-order valence-corrected chi connectivity index (χ4v) is 4.64. The number of Topliss-reactive ketones (excluding diaryl/α,β-unsaturated/α-hetero) is 1. The summed E-state index contributed by atoms with van der Waals surface area (Å²) in [5.74, 6) is -0.626. The molecule has 0 spiro atoms. The Hall–Kier alpha value is -2.36. The average Bonchev–Trinajstić information content (AvgIpc) is 3.16. The summed E-state index contributed by atoms with van der Waals surface area (Å²) in [6, 6.07) is -0.738. The smallest absolute Gasteiger partial charge is 0.410 e. The van der Waals surface area contributed by atoms with Gasteiger partial charge in [-0.15, -0.1) is 0 Å². The molecule has 2 fully saturated rings. The standard InChI is InChI=1S/C26H45N3O7/c1-16(2)13-21(22(31)15-19(17(3)30)14-18-7-10-27-23(18)32)28-24(33)35-20-8-11-29(12-9-20)25(34)36-26(4,5)6/h16-21,30H,7-15H2,1-6H3,(H,27,32)(H,28,33)/t17?,18-,19+,21-/m0/s1. The van der Waals surface area contributed by atoms with E-state index in [1.807, 2.05) is 34.6 Å². The second-order valence-corrected chi connectivity index (χ2v) is 11.6. The maximum Gasteiger partial charge on any atom is 0.410 e. The Balaban J connectivity index is 1.89. The van der Waals surface area contributed by atoms with E-state index in [0.717, 1.165) is 0 Å². The van der Waals surface area contributed by atoms with Crippen molar-refractivity contribution in [2.75, 3.05) is 19.6 Å². The van der Waals surface area contributed by atoms with Gasteiger partial charge in [0, 0.05) is 44.8 Å². The number of hydrogen-bond acceptors (Lipinski definition) is 7. The largest absolute Gasteiger partial charge is 0.446 e. The Kier molecular flexibility index (Phi) is 11.0. The summed E-state index contributed by atoms with van der Waals surface area (Å²) in [4.78, 5) is 51.6. The van der Waals surface area contributed by atoms with Crippen molar-refractivity contribution in [3.05, 3.63) is 0 Å². The van der Waals surface area contributed by atoms with Crippen LogP contribution in [0.4, 0.5) is 9.59 Å². The number of aliphatic hydroxyl groups is 1. The van der Waals surface area contributed by atoms with Crippen molar-refractivity contribution in [1.82, 2.24) is 15.5 Å². The lowest BCUT2D eigenvalue weighted by Gasteiger charge is -2.33. The molecule has 2 aliphatic heterocycles. The molecule has 206 valence electrons. The maximum atomic E-state index is 13.2. The highest BCUT2D eigenvalue weighted by Gasteiger charge is 2.33. The van der Waals surface area contributed by atoms with Crippen LogP contribution in [0.25, 0.3) is 0 Å². The fourth-order valence-electron chi connectivity index (χ4n) is 4.64. The number of piperidine rings is 1. The van der Waals surface area contributed by atoms with E-state index in [2.05, 4.69) is 10.6 Å². The van der Waals surface area contributed by atoms with Crippen LogP contribution < -0.4 is 10.6 Å². The molecule has 0 aromatic carbocycles. The van der Waals surface area contributed by atoms with Gasteiger partial charge in [0.1, 0.15) is 11.7 Å². The highest BCUT2D eigenvalue weighted by Crippen LogP contribution is 2.26. The predicted octanol–water partition coefficient (Wildman–Crippen LogP) is 3.01. The normalized spacial score (nSPS) is 21.5. The summed E-state index contributed by atoms with van der Waals surface area (Å²) >= 11 is 0. The van der Waals surface area contributed by atoms with Crippen LogP contribution in [-0.4, -0.2) is 77.4 Å². The van der Waals surface area contributed by atoms with Crippen LogP contribution >= 0.6 is 0 Å². The first-order chi connectivity index (χ1) is 16.7. The van der Waals surface area contributed by atoms with Crippen LogP contribution in [0.5, 0.6) is 0 Å². The molecule has 2 aliphatic rings. The molecule has 0 aliphatic carbocycles. The number of nitrogens with zero attached hydrogens (tertiary/aromatic N) is 1. The molecule has 4 atom stereocenters. The van der Waals surface area contributed by atoms with Crippen LogP contribution in [0.1, 0.15) is 80.1 Å². The van der Waals surface area contributed by atoms with E-state index < -0.39 is 23.8 Å². The molecule has 0 aromatic heterocycles. The van der Waals surface area contributed by atoms with E-state index in [1.54, 1.807) is 11.8 Å². The third-order valence-corrected chi connectivity index (χ3v) is 6.65. The van der Waals surface area contributed by atoms with Crippen LogP contribution in [-0.2, 0) is 19.1 Å². The van der Waals surface area contributed by atoms with E-state index in [0.29, 0.717) is 51.7 Å². The van der Waals surface area contributed by atoms with Crippen molar-refractivity contribution < 1.29 is 33.8 Å². The number of nitrogens with one attached hydrogen (secondary N) is 2. The molecule has 0 saturated carbocycles. The molecule has 0 bridgehead atoms. The minimum absolute atomic E-state index is 0.0359. The second-order valence-electron chi connectivity index (χ2n) is 11.6. The number of ether oxygens (including phenoxy) is 2. The first-order valence-corrected chi connectivity index (χ1v) is 13.2. The molecule has 36 heavy (non-hydrogen) atoms. The van der Waals surface area contributed by atoms with Gasteiger partial charge in [-0.1, -0.05) is 13.8 Å². The average molecular weight is 512 g/mol. The molecule has 0 radical (unpaired) electrons. The lowest BCUT2D eigenvalue weighted by Crippen LogP contribution is -2.47. The summed E-state index contributed by atoms with van der Waals surface area (Å²) in [5, 5.41) is 15.8. The fraction of sp³-hybridized carbons (Fsp3) is 0.846. The van der Waals surface area contributed by atoms with Gasteiger partial charge in [-0.25, -0.2) is 9.59 Å². The summed E-state index contributed by atoms with van der Waals surface area (Å²) in [7, 11) is 0. The molecule has 10 heteroatoms. The van der Waals surface area contributed by atoms with E-state index in [4.69, 9.17) is 9.47 Å². The zero-order valence-electron chi connectivity index (χ0n) is 22.7. The summed E-state index contributed by atoms with van der Waals surface area (Å²) in [6.45, 7) is 12.5. The quantitative estimate of drug-likeness (QED) is 0.410. The zero-order valence-corrected chi connectivity index (χ0v) is 22.7. The summed E-state index contributed by atoms with van der Waals surface area (Å²) in [6.07, 6.45) is 0.492. The topological polar surface area (TPSA) is 134 Å². The van der Waals surface area contributed by atoms with Crippen molar-refractivity contribution in [3.63, 3.8) is 0 Å². The Bertz CT molecular complexity index is 770. The highest BCUT2D eigenvalue weighted by molar-refractivity contribution is 5.87. The lowest BCUT2D eigenvalue weighted by atomic mass is 9.84. The third kappa shape index (κ3) is 9.95. The van der Waals surface area contributed by atoms with E-state index >= 15 is 0 Å². The molecule has 3 amide bonds. The Morgan fingerprint density at radius 2 is 1.78 bits per heavy atom. The first-order valence-electron chi connectivity index (χ1n) is 13.2. The van der Waals surface area contributed by atoms with Gasteiger partial charge in [-0.2, -0.15) is 0 Å². The van der Waals surface area contributed by atoms with Gasteiger partial charge in [0.05, 0.1) is 12.1 Å². The number of hydrogen-bond donors (Lipinski definition) is 3. The molecule has 0 aromatic rings. The Labute approximate surface area is 214 Å². The molecule has 2 saturated heterocycles. The number of carbonyl (C=O) groups excluding carboxylic acids is 4. The number of rotatable bonds is 10. The molecular formula is C26H45N3O7. The SMILES string of the molecule is CC(C)C[C@H](NC(=O)OC1CCN(C(=O)OC(C)(C)C)CC1)C(=O)C[C@@H](C[C@@H]1CCNC1=O)C(C)O. The van der Waals surface area contributed by atoms with Crippen molar-refractivity contribution in [2.24, 2.45) is 17.8 Å². The number of ketones is 1. The summed E-state index contributed by atoms with van der Waals surface area (Å²) in [5.41, 5.74) is -0.571. The molecular weight excluding hydrogens is 466 g/mol. The van der Waals surface area contributed by atoms with Crippen LogP contribution in [0, 0.1) is 17.8 Å². The van der Waals surface area contributed by atoms with E-state index in [-0.39, 0.29) is 48.1 Å². The monoisotopic (exact) mass is 511 g/mol. The van der Waals surface area contributed by atoms with Crippen molar-refractivity contribution in [1.29, 1.82) is 0 Å². The minimum atomic E-state index is -0.746. The Morgan fingerprint density at radius 3 is 2.28 bits per heavy atom. The maximum absolute atomic E-state index is 13.2. The van der Waals surface area contributed by atoms with Crippen LogP contribution in [0.2, 0.25) is 0 Å². The lowest BCUT2D eigenvalue weighted by molar-refractivity contribution is -0.126. The van der Waals surface area contributed by atoms with Gasteiger partial charge >= 0.3 is 12.2 Å². The number of amides is 3. The molecule has 3 N–H and O–H groups in total.